The molecule has 26 heavy (non-hydrogen) atoms. The molecule has 0 aromatic heterocycles. The van der Waals surface area contributed by atoms with Crippen LogP contribution in [0.4, 0.5) is 0 Å². The van der Waals surface area contributed by atoms with Crippen LogP contribution in [0.1, 0.15) is 12.8 Å². The first kappa shape index (κ1) is 17.5. The largest absolute Gasteiger partial charge is 0.300 e. The van der Waals surface area contributed by atoms with E-state index in [1.807, 2.05) is 0 Å². The summed E-state index contributed by atoms with van der Waals surface area (Å²) >= 11 is 0. The van der Waals surface area contributed by atoms with Gasteiger partial charge in [0.05, 0.1) is 6.16 Å². The van der Waals surface area contributed by atoms with Crippen LogP contribution < -0.4 is 15.9 Å². The Balaban J connectivity index is 1.84. The Morgan fingerprint density at radius 1 is 0.577 bits per heavy atom. The molecule has 1 nitrogen and oxygen atoms in total. The molecule has 0 N–H and O–H groups in total. The van der Waals surface area contributed by atoms with E-state index in [0.717, 1.165) is 0 Å². The van der Waals surface area contributed by atoms with E-state index < -0.39 is 7.26 Å². The molecule has 0 unspecified atom stereocenters. The van der Waals surface area contributed by atoms with E-state index in [9.17, 15) is 0 Å². The van der Waals surface area contributed by atoms with E-state index in [4.69, 9.17) is 0 Å². The molecule has 0 bridgehead atoms. The highest BCUT2D eigenvalue weighted by molar-refractivity contribution is 7.95. The molecular weight excluding hydrogens is 333 g/mol. The molecule has 0 saturated carbocycles. The van der Waals surface area contributed by atoms with Gasteiger partial charge in [0.25, 0.3) is 0 Å². The van der Waals surface area contributed by atoms with Crippen molar-refractivity contribution in [2.24, 2.45) is 0 Å². The summed E-state index contributed by atoms with van der Waals surface area (Å²) in [7, 11) is -1.65. The lowest BCUT2D eigenvalue weighted by atomic mass is 10.4. The van der Waals surface area contributed by atoms with Crippen molar-refractivity contribution in [3.8, 4) is 0 Å². The predicted octanol–water partition coefficient (Wildman–Crippen LogP) is 4.08. The summed E-state index contributed by atoms with van der Waals surface area (Å²) in [5.74, 6) is 0. The van der Waals surface area contributed by atoms with Gasteiger partial charge in [-0.15, -0.1) is 0 Å². The molecule has 0 amide bonds. The lowest BCUT2D eigenvalue weighted by molar-refractivity contribution is 0.361. The highest BCUT2D eigenvalue weighted by Crippen LogP contribution is 2.55. The highest BCUT2D eigenvalue weighted by Gasteiger charge is 2.45. The maximum atomic E-state index is 2.66. The first-order valence-corrected chi connectivity index (χ1v) is 11.6. The standard InChI is InChI=1S/C24H27NP/c1-4-12-22(13-5-1)26(23-14-6-2-7-15-23,24-16-8-3-9-17-24)21-20-25-18-10-11-19-25/h1-9,12-17H,10-11,18-21H2/q+1. The van der Waals surface area contributed by atoms with Crippen LogP contribution in [0.25, 0.3) is 0 Å². The highest BCUT2D eigenvalue weighted by atomic mass is 31.2. The van der Waals surface area contributed by atoms with Gasteiger partial charge < -0.3 is 0 Å². The summed E-state index contributed by atoms with van der Waals surface area (Å²) in [6.07, 6.45) is 3.92. The second-order valence-electron chi connectivity index (χ2n) is 7.09. The van der Waals surface area contributed by atoms with Crippen LogP contribution in [-0.2, 0) is 0 Å². The van der Waals surface area contributed by atoms with Crippen molar-refractivity contribution in [1.29, 1.82) is 0 Å². The zero-order valence-electron chi connectivity index (χ0n) is 15.3. The molecule has 132 valence electrons. The minimum absolute atomic E-state index is 1.19. The van der Waals surface area contributed by atoms with Gasteiger partial charge in [0, 0.05) is 6.54 Å². The Labute approximate surface area is 158 Å². The summed E-state index contributed by atoms with van der Waals surface area (Å²) in [6, 6.07) is 33.7. The molecule has 0 radical (unpaired) electrons. The molecule has 1 saturated heterocycles. The number of benzene rings is 3. The molecule has 0 atom stereocenters. The van der Waals surface area contributed by atoms with Gasteiger partial charge in [0.1, 0.15) is 23.2 Å². The normalized spacial score (nSPS) is 15.2. The lowest BCUT2D eigenvalue weighted by Gasteiger charge is -2.29. The second kappa shape index (κ2) is 8.16. The third-order valence-electron chi connectivity index (χ3n) is 5.54. The molecule has 1 aliphatic heterocycles. The van der Waals surface area contributed by atoms with Gasteiger partial charge in [-0.3, -0.25) is 4.90 Å². The van der Waals surface area contributed by atoms with Crippen LogP contribution in [-0.4, -0.2) is 30.7 Å². The minimum Gasteiger partial charge on any atom is -0.300 e. The van der Waals surface area contributed by atoms with Crippen LogP contribution in [0, 0.1) is 0 Å². The van der Waals surface area contributed by atoms with Crippen LogP contribution in [0.2, 0.25) is 0 Å². The Hall–Kier alpha value is -1.95. The molecule has 4 rings (SSSR count). The molecule has 1 heterocycles. The van der Waals surface area contributed by atoms with E-state index in [2.05, 4.69) is 95.9 Å². The molecule has 1 aliphatic rings. The number of hydrogen-bond donors (Lipinski definition) is 0. The Kier molecular flexibility index (Phi) is 5.48. The second-order valence-corrected chi connectivity index (χ2v) is 10.7. The summed E-state index contributed by atoms with van der Waals surface area (Å²) in [6.45, 7) is 3.71. The molecule has 1 fully saturated rings. The van der Waals surface area contributed by atoms with Gasteiger partial charge in [0.2, 0.25) is 0 Å². The number of nitrogens with zero attached hydrogens (tertiary/aromatic N) is 1. The number of likely N-dealkylation sites (tertiary alicyclic amines) is 1. The molecule has 3 aromatic rings. The third kappa shape index (κ3) is 3.47. The molecule has 3 aromatic carbocycles. The van der Waals surface area contributed by atoms with E-state index in [-0.39, 0.29) is 0 Å². The summed E-state index contributed by atoms with van der Waals surface area (Å²) < 4.78 is 0. The Morgan fingerprint density at radius 2 is 0.962 bits per heavy atom. The van der Waals surface area contributed by atoms with Gasteiger partial charge in [-0.1, -0.05) is 54.6 Å². The summed E-state index contributed by atoms with van der Waals surface area (Å²) in [5, 5.41) is 4.49. The van der Waals surface area contributed by atoms with Gasteiger partial charge in [0.15, 0.2) is 0 Å². The third-order valence-corrected chi connectivity index (χ3v) is 9.95. The minimum atomic E-state index is -1.65. The smallest absolute Gasteiger partial charge is 0.113 e. The van der Waals surface area contributed by atoms with Crippen LogP contribution in [0.5, 0.6) is 0 Å². The van der Waals surface area contributed by atoms with Gasteiger partial charge in [-0.2, -0.15) is 0 Å². The Bertz CT molecular complexity index is 699. The van der Waals surface area contributed by atoms with E-state index in [1.165, 1.54) is 54.6 Å². The molecule has 2 heteroatoms. The fourth-order valence-electron chi connectivity index (χ4n) is 4.18. The van der Waals surface area contributed by atoms with Crippen molar-refractivity contribution < 1.29 is 0 Å². The van der Waals surface area contributed by atoms with Crippen molar-refractivity contribution in [2.75, 3.05) is 25.8 Å². The van der Waals surface area contributed by atoms with Gasteiger partial charge in [-0.25, -0.2) is 0 Å². The quantitative estimate of drug-likeness (QED) is 0.599. The molecule has 0 aliphatic carbocycles. The van der Waals surface area contributed by atoms with E-state index >= 15 is 0 Å². The molecule has 0 spiro atoms. The van der Waals surface area contributed by atoms with Crippen LogP contribution in [0.3, 0.4) is 0 Å². The van der Waals surface area contributed by atoms with Crippen molar-refractivity contribution >= 4 is 23.2 Å². The maximum absolute atomic E-state index is 2.66. The van der Waals surface area contributed by atoms with Gasteiger partial charge in [-0.05, 0) is 62.3 Å². The summed E-state index contributed by atoms with van der Waals surface area (Å²) in [4.78, 5) is 2.66. The average molecular weight is 360 g/mol. The van der Waals surface area contributed by atoms with Crippen molar-refractivity contribution in [3.05, 3.63) is 91.0 Å². The zero-order valence-corrected chi connectivity index (χ0v) is 16.2. The first-order chi connectivity index (χ1) is 12.9. The topological polar surface area (TPSA) is 3.24 Å². The van der Waals surface area contributed by atoms with E-state index in [0.29, 0.717) is 0 Å². The van der Waals surface area contributed by atoms with Gasteiger partial charge >= 0.3 is 0 Å². The molecular formula is C24H27NP+. The van der Waals surface area contributed by atoms with Crippen molar-refractivity contribution in [1.82, 2.24) is 4.90 Å². The van der Waals surface area contributed by atoms with Crippen molar-refractivity contribution in [3.63, 3.8) is 0 Å². The van der Waals surface area contributed by atoms with Crippen LogP contribution >= 0.6 is 7.26 Å². The number of hydrogen-bond acceptors (Lipinski definition) is 1. The Morgan fingerprint density at radius 3 is 1.35 bits per heavy atom. The maximum Gasteiger partial charge on any atom is 0.113 e. The zero-order chi connectivity index (χ0) is 17.7. The fraction of sp³-hybridized carbons (Fsp3) is 0.250. The fourth-order valence-corrected chi connectivity index (χ4v) is 8.47. The van der Waals surface area contributed by atoms with Crippen molar-refractivity contribution in [2.45, 2.75) is 12.8 Å². The van der Waals surface area contributed by atoms with Crippen LogP contribution in [0.15, 0.2) is 91.0 Å². The first-order valence-electron chi connectivity index (χ1n) is 9.67. The number of rotatable bonds is 6. The van der Waals surface area contributed by atoms with E-state index in [1.54, 1.807) is 0 Å². The predicted molar refractivity (Wildman–Crippen MR) is 116 cm³/mol. The lowest BCUT2D eigenvalue weighted by Crippen LogP contribution is -2.37. The summed E-state index contributed by atoms with van der Waals surface area (Å²) in [5.41, 5.74) is 0. The SMILES string of the molecule is c1ccc([P+](CCN2CCCC2)(c2ccccc2)c2ccccc2)cc1. The average Bonchev–Trinajstić information content (AvgIpc) is 3.25. The monoisotopic (exact) mass is 360 g/mol.